The molecule has 3 aliphatic rings. The third-order valence-electron chi connectivity index (χ3n) is 5.98. The molecule has 2 aliphatic carbocycles. The first-order chi connectivity index (χ1) is 11.6. The Bertz CT molecular complexity index is 693. The molecule has 4 rings (SSSR count). The van der Waals surface area contributed by atoms with Gasteiger partial charge in [-0.05, 0) is 30.2 Å². The van der Waals surface area contributed by atoms with Crippen LogP contribution in [0.15, 0.2) is 42.5 Å². The molecule has 4 nitrogen and oxygen atoms in total. The Balaban J connectivity index is 1.30. The van der Waals surface area contributed by atoms with Crippen molar-refractivity contribution in [2.75, 3.05) is 32.7 Å². The van der Waals surface area contributed by atoms with Crippen LogP contribution in [0.1, 0.15) is 18.4 Å². The number of benzene rings is 1. The second-order valence-electron chi connectivity index (χ2n) is 7.64. The second-order valence-corrected chi connectivity index (χ2v) is 9.60. The number of nitrogens with one attached hydrogen (secondary N) is 1. The molecule has 130 valence electrons. The van der Waals surface area contributed by atoms with Gasteiger partial charge in [0.1, 0.15) is 0 Å². The van der Waals surface area contributed by atoms with Crippen LogP contribution < -0.4 is 4.90 Å². The van der Waals surface area contributed by atoms with Crippen LogP contribution >= 0.6 is 0 Å². The maximum Gasteiger partial charge on any atom is 0.218 e. The first-order valence-electron chi connectivity index (χ1n) is 9.14. The van der Waals surface area contributed by atoms with Crippen molar-refractivity contribution in [3.05, 3.63) is 48.0 Å². The lowest BCUT2D eigenvalue weighted by Crippen LogP contribution is -3.15. The zero-order chi connectivity index (χ0) is 16.6. The van der Waals surface area contributed by atoms with Gasteiger partial charge in [0.2, 0.25) is 10.0 Å². The molecule has 3 atom stereocenters. The smallest absolute Gasteiger partial charge is 0.218 e. The Labute approximate surface area is 145 Å². The van der Waals surface area contributed by atoms with E-state index >= 15 is 0 Å². The summed E-state index contributed by atoms with van der Waals surface area (Å²) in [7, 11) is -3.19. The normalized spacial score (nSPS) is 30.9. The van der Waals surface area contributed by atoms with Gasteiger partial charge in [-0.25, -0.2) is 8.42 Å². The highest BCUT2D eigenvalue weighted by atomic mass is 32.2. The molecule has 1 saturated heterocycles. The molecule has 5 heteroatoms. The molecule has 2 bridgehead atoms. The maximum absolute atomic E-state index is 12.6. The molecule has 1 N–H and O–H groups in total. The van der Waals surface area contributed by atoms with E-state index in [1.165, 1.54) is 19.4 Å². The molecule has 1 saturated carbocycles. The highest BCUT2D eigenvalue weighted by molar-refractivity contribution is 7.88. The lowest BCUT2D eigenvalue weighted by molar-refractivity contribution is -0.907. The number of piperazine rings is 1. The van der Waals surface area contributed by atoms with Gasteiger partial charge in [-0.1, -0.05) is 42.5 Å². The average molecular weight is 348 g/mol. The fourth-order valence-corrected chi connectivity index (χ4v) is 6.20. The number of hydrogen-bond donors (Lipinski definition) is 1. The molecule has 0 amide bonds. The fraction of sp³-hybridized carbons (Fsp3) is 0.579. The summed E-state index contributed by atoms with van der Waals surface area (Å²) in [6, 6.07) is 9.50. The molecule has 2 fully saturated rings. The van der Waals surface area contributed by atoms with E-state index in [9.17, 15) is 8.42 Å². The summed E-state index contributed by atoms with van der Waals surface area (Å²) >= 11 is 0. The van der Waals surface area contributed by atoms with Crippen LogP contribution in [-0.2, 0) is 15.8 Å². The maximum atomic E-state index is 12.6. The van der Waals surface area contributed by atoms with Gasteiger partial charge in [-0.2, -0.15) is 4.31 Å². The number of fused-ring (bicyclic) bond motifs is 2. The Morgan fingerprint density at radius 2 is 1.79 bits per heavy atom. The molecule has 0 radical (unpaired) electrons. The standard InChI is InChI=1S/C19H26N2O2S/c22-24(23,15-16-4-2-1-3-5-16)21-10-8-20(9-11-21)14-19-13-17-6-7-18(19)12-17/h1-7,17-19H,8-15H2/p+1/t17-,18+,19-/m1/s1. The summed E-state index contributed by atoms with van der Waals surface area (Å²) in [5.74, 6) is 2.57. The fourth-order valence-electron chi connectivity index (χ4n) is 4.66. The topological polar surface area (TPSA) is 41.8 Å². The van der Waals surface area contributed by atoms with Crippen molar-refractivity contribution in [1.82, 2.24) is 4.31 Å². The minimum absolute atomic E-state index is 0.125. The minimum atomic E-state index is -3.19. The third kappa shape index (κ3) is 3.44. The molecule has 1 aliphatic heterocycles. The average Bonchev–Trinajstić information content (AvgIpc) is 3.19. The van der Waals surface area contributed by atoms with Gasteiger partial charge in [-0.15, -0.1) is 0 Å². The third-order valence-corrected chi connectivity index (χ3v) is 7.83. The van der Waals surface area contributed by atoms with E-state index in [1.54, 1.807) is 9.21 Å². The van der Waals surface area contributed by atoms with Gasteiger partial charge in [0.05, 0.1) is 38.5 Å². The van der Waals surface area contributed by atoms with Crippen LogP contribution in [0.3, 0.4) is 0 Å². The molecule has 24 heavy (non-hydrogen) atoms. The van der Waals surface area contributed by atoms with Gasteiger partial charge in [0.15, 0.2) is 0 Å². The number of sulfonamides is 1. The van der Waals surface area contributed by atoms with Crippen LogP contribution in [0, 0.1) is 17.8 Å². The minimum Gasteiger partial charge on any atom is -0.333 e. The highest BCUT2D eigenvalue weighted by Crippen LogP contribution is 2.42. The SMILES string of the molecule is O=S(=O)(Cc1ccccc1)N1CC[NH+](C[C@H]2C[C@@H]3C=C[C@H]2C3)CC1. The zero-order valence-electron chi connectivity index (χ0n) is 14.1. The van der Waals surface area contributed by atoms with Crippen molar-refractivity contribution in [3.63, 3.8) is 0 Å². The first-order valence-corrected chi connectivity index (χ1v) is 10.7. The van der Waals surface area contributed by atoms with Crippen LogP contribution in [0.4, 0.5) is 0 Å². The summed E-state index contributed by atoms with van der Waals surface area (Å²) in [6.07, 6.45) is 7.51. The van der Waals surface area contributed by atoms with Crippen molar-refractivity contribution < 1.29 is 13.3 Å². The predicted octanol–water partition coefficient (Wildman–Crippen LogP) is 0.929. The quantitative estimate of drug-likeness (QED) is 0.805. The summed E-state index contributed by atoms with van der Waals surface area (Å²) in [5, 5.41) is 0. The van der Waals surface area contributed by atoms with Gasteiger partial charge in [0.25, 0.3) is 0 Å². The Morgan fingerprint density at radius 1 is 1.04 bits per heavy atom. The number of allylic oxidation sites excluding steroid dienone is 2. The molecule has 0 aromatic heterocycles. The Kier molecular flexibility index (Phi) is 4.50. The Morgan fingerprint density at radius 3 is 2.42 bits per heavy atom. The molecule has 0 unspecified atom stereocenters. The summed E-state index contributed by atoms with van der Waals surface area (Å²) in [6.45, 7) is 4.46. The van der Waals surface area contributed by atoms with Crippen molar-refractivity contribution >= 4 is 10.0 Å². The molecule has 1 aromatic rings. The Hall–Kier alpha value is -1.17. The lowest BCUT2D eigenvalue weighted by atomic mass is 9.93. The van der Waals surface area contributed by atoms with E-state index in [4.69, 9.17) is 0 Å². The largest absolute Gasteiger partial charge is 0.333 e. The van der Waals surface area contributed by atoms with Crippen LogP contribution in [0.2, 0.25) is 0 Å². The lowest BCUT2D eigenvalue weighted by Gasteiger charge is -2.33. The molecule has 1 aromatic carbocycles. The summed E-state index contributed by atoms with van der Waals surface area (Å²) in [5.41, 5.74) is 0.876. The van der Waals surface area contributed by atoms with E-state index < -0.39 is 10.0 Å². The van der Waals surface area contributed by atoms with Gasteiger partial charge in [-0.3, -0.25) is 0 Å². The number of nitrogens with zero attached hydrogens (tertiary/aromatic N) is 1. The van der Waals surface area contributed by atoms with Crippen molar-refractivity contribution in [2.24, 2.45) is 17.8 Å². The van der Waals surface area contributed by atoms with E-state index in [2.05, 4.69) is 12.2 Å². The van der Waals surface area contributed by atoms with E-state index in [1.807, 2.05) is 30.3 Å². The first kappa shape index (κ1) is 16.3. The van der Waals surface area contributed by atoms with Gasteiger partial charge in [0, 0.05) is 5.92 Å². The van der Waals surface area contributed by atoms with Gasteiger partial charge >= 0.3 is 0 Å². The van der Waals surface area contributed by atoms with Crippen LogP contribution in [0.25, 0.3) is 0 Å². The van der Waals surface area contributed by atoms with Crippen LogP contribution in [0.5, 0.6) is 0 Å². The van der Waals surface area contributed by atoms with E-state index in [-0.39, 0.29) is 5.75 Å². The van der Waals surface area contributed by atoms with Crippen LogP contribution in [-0.4, -0.2) is 45.4 Å². The monoisotopic (exact) mass is 347 g/mol. The molecular formula is C19H27N2O2S+. The highest BCUT2D eigenvalue weighted by Gasteiger charge is 2.39. The second kappa shape index (κ2) is 6.62. The molecular weight excluding hydrogens is 320 g/mol. The van der Waals surface area contributed by atoms with Crippen molar-refractivity contribution in [3.8, 4) is 0 Å². The summed E-state index contributed by atoms with van der Waals surface area (Å²) in [4.78, 5) is 1.59. The van der Waals surface area contributed by atoms with Crippen molar-refractivity contribution in [2.45, 2.75) is 18.6 Å². The zero-order valence-corrected chi connectivity index (χ0v) is 14.9. The summed E-state index contributed by atoms with van der Waals surface area (Å²) < 4.78 is 26.9. The molecule has 0 spiro atoms. The van der Waals surface area contributed by atoms with Crippen molar-refractivity contribution in [1.29, 1.82) is 0 Å². The van der Waals surface area contributed by atoms with E-state index in [0.29, 0.717) is 13.1 Å². The number of rotatable bonds is 5. The number of quaternary nitrogens is 1. The van der Waals surface area contributed by atoms with Gasteiger partial charge < -0.3 is 4.90 Å². The predicted molar refractivity (Wildman–Crippen MR) is 95.0 cm³/mol. The number of hydrogen-bond acceptors (Lipinski definition) is 2. The van der Waals surface area contributed by atoms with E-state index in [0.717, 1.165) is 36.4 Å². The molecule has 1 heterocycles.